The van der Waals surface area contributed by atoms with Gasteiger partial charge in [0.05, 0.1) is 0 Å². The van der Waals surface area contributed by atoms with Gasteiger partial charge in [0.15, 0.2) is 0 Å². The molecule has 0 amide bonds. The van der Waals surface area contributed by atoms with Crippen LogP contribution in [0.5, 0.6) is 0 Å². The summed E-state index contributed by atoms with van der Waals surface area (Å²) in [5.74, 6) is 0.828. The summed E-state index contributed by atoms with van der Waals surface area (Å²) in [5, 5.41) is 7.75. The lowest BCUT2D eigenvalue weighted by Crippen LogP contribution is -2.28. The average Bonchev–Trinajstić information content (AvgIpc) is 2.48. The van der Waals surface area contributed by atoms with Gasteiger partial charge in [0.2, 0.25) is 0 Å². The van der Waals surface area contributed by atoms with E-state index < -0.39 is 0 Å². The molecule has 2 aromatic carbocycles. The number of nitrogens with zero attached hydrogens (tertiary/aromatic N) is 3. The Labute approximate surface area is 126 Å². The first kappa shape index (κ1) is 15.0. The van der Waals surface area contributed by atoms with Gasteiger partial charge in [-0.15, -0.1) is 5.10 Å². The molecule has 0 aromatic heterocycles. The van der Waals surface area contributed by atoms with Gasteiger partial charge < -0.3 is 4.90 Å². The van der Waals surface area contributed by atoms with Crippen molar-refractivity contribution in [3.8, 4) is 0 Å². The van der Waals surface area contributed by atoms with Crippen LogP contribution in [0.15, 0.2) is 58.7 Å². The first-order valence-electron chi connectivity index (χ1n) is 7.00. The maximum atomic E-state index is 4.09. The lowest BCUT2D eigenvalue weighted by Gasteiger charge is -2.24. The van der Waals surface area contributed by atoms with E-state index in [9.17, 15) is 0 Å². The molecular weight excluding hydrogens is 258 g/mol. The summed E-state index contributed by atoms with van der Waals surface area (Å²) in [6.07, 6.45) is 0. The Kier molecular flexibility index (Phi) is 4.88. The highest BCUT2D eigenvalue weighted by Gasteiger charge is 2.10. The van der Waals surface area contributed by atoms with Crippen molar-refractivity contribution in [3.63, 3.8) is 0 Å². The van der Waals surface area contributed by atoms with Gasteiger partial charge in [0.1, 0.15) is 5.84 Å². The van der Waals surface area contributed by atoms with Crippen molar-refractivity contribution in [1.29, 1.82) is 0 Å². The zero-order valence-corrected chi connectivity index (χ0v) is 12.9. The first-order valence-corrected chi connectivity index (χ1v) is 7.00. The van der Waals surface area contributed by atoms with Crippen molar-refractivity contribution in [2.45, 2.75) is 27.3 Å². The number of hydrogen-bond acceptors (Lipinski definition) is 2. The molecule has 3 nitrogen and oxygen atoms in total. The van der Waals surface area contributed by atoms with E-state index in [0.29, 0.717) is 0 Å². The number of rotatable bonds is 4. The van der Waals surface area contributed by atoms with Crippen LogP contribution in [0.2, 0.25) is 0 Å². The Morgan fingerprint density at radius 2 is 1.48 bits per heavy atom. The molecule has 21 heavy (non-hydrogen) atoms. The van der Waals surface area contributed by atoms with Crippen LogP contribution in [0.4, 0.5) is 5.69 Å². The van der Waals surface area contributed by atoms with E-state index in [4.69, 9.17) is 0 Å². The lowest BCUT2D eigenvalue weighted by atomic mass is 10.1. The fourth-order valence-electron chi connectivity index (χ4n) is 2.15. The number of benzene rings is 2. The molecule has 0 radical (unpaired) electrons. The Bertz CT molecular complexity index is 625. The molecule has 0 heterocycles. The third-order valence-electron chi connectivity index (χ3n) is 3.41. The standard InChI is InChI=1S/C18H21N3/c1-14-5-9-17(10-6-14)13-21(16(3)20-19-4)18-11-7-15(2)8-12-18/h5-12H,4,13H2,1-3H3/b20-16-. The maximum Gasteiger partial charge on any atom is 0.129 e. The predicted octanol–water partition coefficient (Wildman–Crippen LogP) is 4.34. The summed E-state index contributed by atoms with van der Waals surface area (Å²) >= 11 is 0. The van der Waals surface area contributed by atoms with Crippen LogP contribution in [0.3, 0.4) is 0 Å². The van der Waals surface area contributed by atoms with Crippen LogP contribution in [0.25, 0.3) is 0 Å². The first-order chi connectivity index (χ1) is 10.1. The molecular formula is C18H21N3. The number of aryl methyl sites for hydroxylation is 2. The molecule has 3 heteroatoms. The van der Waals surface area contributed by atoms with Gasteiger partial charge in [0.25, 0.3) is 0 Å². The van der Waals surface area contributed by atoms with Gasteiger partial charge in [-0.2, -0.15) is 5.10 Å². The van der Waals surface area contributed by atoms with Crippen molar-refractivity contribution in [3.05, 3.63) is 65.2 Å². The van der Waals surface area contributed by atoms with Crippen LogP contribution in [-0.2, 0) is 6.54 Å². The van der Waals surface area contributed by atoms with Crippen LogP contribution in [0, 0.1) is 13.8 Å². The topological polar surface area (TPSA) is 28.0 Å². The van der Waals surface area contributed by atoms with Gasteiger partial charge in [-0.1, -0.05) is 47.5 Å². The lowest BCUT2D eigenvalue weighted by molar-refractivity contribution is 0.985. The van der Waals surface area contributed by atoms with Gasteiger partial charge in [-0.25, -0.2) is 0 Å². The van der Waals surface area contributed by atoms with Gasteiger partial charge in [0, 0.05) is 18.9 Å². The molecule has 0 saturated heterocycles. The summed E-state index contributed by atoms with van der Waals surface area (Å²) < 4.78 is 0. The second-order valence-corrected chi connectivity index (χ2v) is 5.20. The van der Waals surface area contributed by atoms with E-state index in [2.05, 4.69) is 84.2 Å². The van der Waals surface area contributed by atoms with Gasteiger partial charge >= 0.3 is 0 Å². The van der Waals surface area contributed by atoms with Crippen molar-refractivity contribution >= 4 is 18.2 Å². The van der Waals surface area contributed by atoms with Crippen molar-refractivity contribution in [2.75, 3.05) is 4.90 Å². The van der Waals surface area contributed by atoms with E-state index in [1.165, 1.54) is 16.7 Å². The molecule has 0 aliphatic heterocycles. The molecule has 0 N–H and O–H groups in total. The Morgan fingerprint density at radius 1 is 0.952 bits per heavy atom. The Balaban J connectivity index is 2.32. The molecule has 2 aromatic rings. The smallest absolute Gasteiger partial charge is 0.129 e. The van der Waals surface area contributed by atoms with E-state index in [1.54, 1.807) is 0 Å². The molecule has 0 saturated carbocycles. The van der Waals surface area contributed by atoms with Crippen LogP contribution in [-0.4, -0.2) is 12.6 Å². The molecule has 0 aliphatic carbocycles. The molecule has 0 fully saturated rings. The van der Waals surface area contributed by atoms with Crippen molar-refractivity contribution in [2.24, 2.45) is 10.2 Å². The minimum absolute atomic E-state index is 0.758. The summed E-state index contributed by atoms with van der Waals surface area (Å²) in [6, 6.07) is 17.0. The zero-order valence-electron chi connectivity index (χ0n) is 12.9. The Hall–Kier alpha value is -2.42. The summed E-state index contributed by atoms with van der Waals surface area (Å²) in [4.78, 5) is 2.14. The maximum absolute atomic E-state index is 4.09. The minimum atomic E-state index is 0.758. The van der Waals surface area contributed by atoms with Crippen LogP contribution >= 0.6 is 0 Å². The summed E-state index contributed by atoms with van der Waals surface area (Å²) in [6.45, 7) is 10.3. The molecule has 0 atom stereocenters. The van der Waals surface area contributed by atoms with Gasteiger partial charge in [-0.3, -0.25) is 0 Å². The molecule has 0 aliphatic rings. The molecule has 0 unspecified atom stereocenters. The quantitative estimate of drug-likeness (QED) is 0.464. The highest BCUT2D eigenvalue weighted by molar-refractivity contribution is 5.95. The van der Waals surface area contributed by atoms with E-state index in [-0.39, 0.29) is 0 Å². The number of hydrogen-bond donors (Lipinski definition) is 0. The molecule has 2 rings (SSSR count). The minimum Gasteiger partial charge on any atom is -0.324 e. The zero-order chi connectivity index (χ0) is 15.2. The molecule has 0 bridgehead atoms. The fraction of sp³-hybridized carbons (Fsp3) is 0.222. The number of amidine groups is 1. The van der Waals surface area contributed by atoms with Crippen LogP contribution < -0.4 is 4.90 Å². The second kappa shape index (κ2) is 6.84. The monoisotopic (exact) mass is 279 g/mol. The fourth-order valence-corrected chi connectivity index (χ4v) is 2.15. The molecule has 108 valence electrons. The van der Waals surface area contributed by atoms with E-state index in [1.807, 2.05) is 6.92 Å². The summed E-state index contributed by atoms with van der Waals surface area (Å²) in [7, 11) is 0. The third-order valence-corrected chi connectivity index (χ3v) is 3.41. The third kappa shape index (κ3) is 4.02. The largest absolute Gasteiger partial charge is 0.324 e. The number of anilines is 1. The van der Waals surface area contributed by atoms with Gasteiger partial charge in [-0.05, 0) is 38.5 Å². The van der Waals surface area contributed by atoms with Crippen molar-refractivity contribution in [1.82, 2.24) is 0 Å². The van der Waals surface area contributed by atoms with Crippen LogP contribution in [0.1, 0.15) is 23.6 Å². The predicted molar refractivity (Wildman–Crippen MR) is 91.2 cm³/mol. The summed E-state index contributed by atoms with van der Waals surface area (Å²) in [5.41, 5.74) is 4.84. The average molecular weight is 279 g/mol. The Morgan fingerprint density at radius 3 is 2.00 bits per heavy atom. The molecule has 0 spiro atoms. The second-order valence-electron chi connectivity index (χ2n) is 5.20. The normalized spacial score (nSPS) is 11.3. The SMILES string of the molecule is C=N/N=C(/C)N(Cc1ccc(C)cc1)c1ccc(C)cc1. The van der Waals surface area contributed by atoms with Crippen molar-refractivity contribution < 1.29 is 0 Å². The van der Waals surface area contributed by atoms with E-state index in [0.717, 1.165) is 18.1 Å². The van der Waals surface area contributed by atoms with E-state index >= 15 is 0 Å². The highest BCUT2D eigenvalue weighted by atomic mass is 15.3. The highest BCUT2D eigenvalue weighted by Crippen LogP contribution is 2.19.